The first-order chi connectivity index (χ1) is 11.1. The number of benzene rings is 2. The summed E-state index contributed by atoms with van der Waals surface area (Å²) < 4.78 is 0. The fourth-order valence-corrected chi connectivity index (χ4v) is 2.80. The first kappa shape index (κ1) is 15.6. The molecule has 118 valence electrons. The van der Waals surface area contributed by atoms with Crippen molar-refractivity contribution in [3.8, 4) is 0 Å². The third kappa shape index (κ3) is 3.37. The topological polar surface area (TPSA) is 49.4 Å². The highest BCUT2D eigenvalue weighted by molar-refractivity contribution is 6.34. The standard InChI is InChI=1S/C18H17ClN2O2/c1-12(22)21(13-10-11-13)17-9-5-4-8-16(17)20-18(23)14-6-2-3-7-15(14)19/h2-9,13H,10-11H2,1H3,(H,20,23). The second kappa shape index (κ2) is 6.42. The first-order valence-corrected chi connectivity index (χ1v) is 7.90. The van der Waals surface area contributed by atoms with Crippen molar-refractivity contribution >= 4 is 34.8 Å². The maximum atomic E-state index is 12.5. The number of hydrogen-bond acceptors (Lipinski definition) is 2. The Morgan fingerprint density at radius 2 is 1.74 bits per heavy atom. The van der Waals surface area contributed by atoms with Crippen LogP contribution >= 0.6 is 11.6 Å². The normalized spacial score (nSPS) is 13.5. The third-order valence-electron chi connectivity index (χ3n) is 3.78. The van der Waals surface area contributed by atoms with Crippen LogP contribution in [0.15, 0.2) is 48.5 Å². The second-order valence-electron chi connectivity index (χ2n) is 5.57. The van der Waals surface area contributed by atoms with Gasteiger partial charge in [-0.15, -0.1) is 0 Å². The number of nitrogens with one attached hydrogen (secondary N) is 1. The lowest BCUT2D eigenvalue weighted by molar-refractivity contribution is -0.116. The second-order valence-corrected chi connectivity index (χ2v) is 5.98. The van der Waals surface area contributed by atoms with E-state index in [0.717, 1.165) is 18.5 Å². The lowest BCUT2D eigenvalue weighted by Crippen LogP contribution is -2.31. The molecule has 0 aromatic heterocycles. The minimum Gasteiger partial charge on any atom is -0.320 e. The molecule has 2 aromatic rings. The summed E-state index contributed by atoms with van der Waals surface area (Å²) in [7, 11) is 0. The third-order valence-corrected chi connectivity index (χ3v) is 4.11. The summed E-state index contributed by atoms with van der Waals surface area (Å²) in [6, 6.07) is 14.4. The zero-order valence-corrected chi connectivity index (χ0v) is 13.5. The van der Waals surface area contributed by atoms with E-state index in [1.54, 1.807) is 42.2 Å². The van der Waals surface area contributed by atoms with E-state index in [9.17, 15) is 9.59 Å². The van der Waals surface area contributed by atoms with Gasteiger partial charge in [0.2, 0.25) is 5.91 Å². The van der Waals surface area contributed by atoms with Gasteiger partial charge in [0.15, 0.2) is 0 Å². The number of carbonyl (C=O) groups is 2. The molecule has 23 heavy (non-hydrogen) atoms. The molecular weight excluding hydrogens is 312 g/mol. The highest BCUT2D eigenvalue weighted by Crippen LogP contribution is 2.36. The molecule has 1 fully saturated rings. The summed E-state index contributed by atoms with van der Waals surface area (Å²) in [6.45, 7) is 1.55. The van der Waals surface area contributed by atoms with Gasteiger partial charge in [0.05, 0.1) is 22.0 Å². The Labute approximate surface area is 140 Å². The number of carbonyl (C=O) groups excluding carboxylic acids is 2. The average Bonchev–Trinajstić information content (AvgIpc) is 3.34. The Bertz CT molecular complexity index is 756. The van der Waals surface area contributed by atoms with Crippen LogP contribution in [0.2, 0.25) is 5.02 Å². The first-order valence-electron chi connectivity index (χ1n) is 7.52. The van der Waals surface area contributed by atoms with Gasteiger partial charge >= 0.3 is 0 Å². The molecule has 0 radical (unpaired) electrons. The SMILES string of the molecule is CC(=O)N(c1ccccc1NC(=O)c1ccccc1Cl)C1CC1. The van der Waals surface area contributed by atoms with Gasteiger partial charge in [-0.25, -0.2) is 0 Å². The minimum absolute atomic E-state index is 0.0213. The van der Waals surface area contributed by atoms with Crippen LogP contribution in [0.1, 0.15) is 30.1 Å². The van der Waals surface area contributed by atoms with Gasteiger partial charge in [-0.2, -0.15) is 0 Å². The number of anilines is 2. The van der Waals surface area contributed by atoms with E-state index in [1.165, 1.54) is 0 Å². The Balaban J connectivity index is 1.90. The fourth-order valence-electron chi connectivity index (χ4n) is 2.58. The smallest absolute Gasteiger partial charge is 0.257 e. The Kier molecular flexibility index (Phi) is 4.35. The average molecular weight is 329 g/mol. The zero-order chi connectivity index (χ0) is 16.4. The summed E-state index contributed by atoms with van der Waals surface area (Å²) in [5.74, 6) is -0.311. The molecule has 0 bridgehead atoms. The molecule has 4 nitrogen and oxygen atoms in total. The highest BCUT2D eigenvalue weighted by Gasteiger charge is 2.33. The molecular formula is C18H17ClN2O2. The molecule has 1 saturated carbocycles. The van der Waals surface area contributed by atoms with Gasteiger partial charge in [0, 0.05) is 13.0 Å². The number of hydrogen-bond donors (Lipinski definition) is 1. The maximum Gasteiger partial charge on any atom is 0.257 e. The van der Waals surface area contributed by atoms with E-state index >= 15 is 0 Å². The summed E-state index contributed by atoms with van der Waals surface area (Å²) >= 11 is 6.07. The lowest BCUT2D eigenvalue weighted by atomic mass is 10.2. The largest absolute Gasteiger partial charge is 0.320 e. The monoisotopic (exact) mass is 328 g/mol. The summed E-state index contributed by atoms with van der Waals surface area (Å²) in [5, 5.41) is 3.26. The molecule has 1 N–H and O–H groups in total. The van der Waals surface area contributed by atoms with Crippen molar-refractivity contribution in [2.24, 2.45) is 0 Å². The molecule has 0 atom stereocenters. The molecule has 2 amide bonds. The fraction of sp³-hybridized carbons (Fsp3) is 0.222. The van der Waals surface area contributed by atoms with Gasteiger partial charge in [-0.3, -0.25) is 9.59 Å². The van der Waals surface area contributed by atoms with E-state index in [4.69, 9.17) is 11.6 Å². The molecule has 0 heterocycles. The number of rotatable bonds is 4. The van der Waals surface area contributed by atoms with E-state index in [0.29, 0.717) is 16.3 Å². The minimum atomic E-state index is -0.289. The van der Waals surface area contributed by atoms with Crippen molar-refractivity contribution < 1.29 is 9.59 Å². The summed E-state index contributed by atoms with van der Waals surface area (Å²) in [5.41, 5.74) is 1.74. The molecule has 1 aliphatic carbocycles. The number of nitrogens with zero attached hydrogens (tertiary/aromatic N) is 1. The Morgan fingerprint density at radius 1 is 1.09 bits per heavy atom. The van der Waals surface area contributed by atoms with E-state index in [1.807, 2.05) is 18.2 Å². The molecule has 1 aliphatic rings. The molecule has 0 unspecified atom stereocenters. The summed E-state index contributed by atoms with van der Waals surface area (Å²) in [6.07, 6.45) is 1.98. The van der Waals surface area contributed by atoms with Crippen molar-refractivity contribution in [1.29, 1.82) is 0 Å². The molecule has 0 aliphatic heterocycles. The lowest BCUT2D eigenvalue weighted by Gasteiger charge is -2.24. The highest BCUT2D eigenvalue weighted by atomic mass is 35.5. The van der Waals surface area contributed by atoms with Crippen molar-refractivity contribution in [2.45, 2.75) is 25.8 Å². The van der Waals surface area contributed by atoms with E-state index < -0.39 is 0 Å². The van der Waals surface area contributed by atoms with Gasteiger partial charge in [0.1, 0.15) is 0 Å². The van der Waals surface area contributed by atoms with Crippen LogP contribution in [0.3, 0.4) is 0 Å². The molecule has 5 heteroatoms. The predicted octanol–water partition coefficient (Wildman–Crippen LogP) is 4.11. The maximum absolute atomic E-state index is 12.5. The Morgan fingerprint density at radius 3 is 2.39 bits per heavy atom. The predicted molar refractivity (Wildman–Crippen MR) is 92.0 cm³/mol. The van der Waals surface area contributed by atoms with Crippen LogP contribution in [0, 0.1) is 0 Å². The number of amides is 2. The van der Waals surface area contributed by atoms with Gasteiger partial charge in [-0.05, 0) is 37.1 Å². The van der Waals surface area contributed by atoms with Crippen LogP contribution in [0.4, 0.5) is 11.4 Å². The van der Waals surface area contributed by atoms with Crippen LogP contribution < -0.4 is 10.2 Å². The molecule has 0 spiro atoms. The van der Waals surface area contributed by atoms with Crippen molar-refractivity contribution in [1.82, 2.24) is 0 Å². The quantitative estimate of drug-likeness (QED) is 0.918. The molecule has 0 saturated heterocycles. The zero-order valence-electron chi connectivity index (χ0n) is 12.8. The number of para-hydroxylation sites is 2. The van der Waals surface area contributed by atoms with E-state index in [-0.39, 0.29) is 17.9 Å². The van der Waals surface area contributed by atoms with Crippen LogP contribution in [0.5, 0.6) is 0 Å². The van der Waals surface area contributed by atoms with Crippen LogP contribution in [-0.2, 0) is 4.79 Å². The molecule has 3 rings (SSSR count). The van der Waals surface area contributed by atoms with Crippen molar-refractivity contribution in [3.63, 3.8) is 0 Å². The van der Waals surface area contributed by atoms with Crippen molar-refractivity contribution in [2.75, 3.05) is 10.2 Å². The summed E-state index contributed by atoms with van der Waals surface area (Å²) in [4.78, 5) is 26.2. The number of halogens is 1. The van der Waals surface area contributed by atoms with Gasteiger partial charge < -0.3 is 10.2 Å². The van der Waals surface area contributed by atoms with E-state index in [2.05, 4.69) is 5.32 Å². The Hall–Kier alpha value is -2.33. The van der Waals surface area contributed by atoms with Crippen LogP contribution in [-0.4, -0.2) is 17.9 Å². The van der Waals surface area contributed by atoms with Gasteiger partial charge in [0.25, 0.3) is 5.91 Å². The van der Waals surface area contributed by atoms with Crippen molar-refractivity contribution in [3.05, 3.63) is 59.1 Å². The van der Waals surface area contributed by atoms with Gasteiger partial charge in [-0.1, -0.05) is 35.9 Å². The van der Waals surface area contributed by atoms with Crippen LogP contribution in [0.25, 0.3) is 0 Å². The molecule has 2 aromatic carbocycles.